The van der Waals surface area contributed by atoms with E-state index in [-0.39, 0.29) is 5.41 Å². The van der Waals surface area contributed by atoms with Crippen molar-refractivity contribution in [2.75, 3.05) is 6.54 Å². The number of pyridine rings is 1. The summed E-state index contributed by atoms with van der Waals surface area (Å²) in [6.07, 6.45) is 3.59. The quantitative estimate of drug-likeness (QED) is 0.627. The summed E-state index contributed by atoms with van der Waals surface area (Å²) >= 11 is 0. The highest BCUT2D eigenvalue weighted by atomic mass is 15.2. The van der Waals surface area contributed by atoms with Crippen molar-refractivity contribution < 1.29 is 0 Å². The van der Waals surface area contributed by atoms with Crippen molar-refractivity contribution in [1.29, 1.82) is 5.41 Å². The Morgan fingerprint density at radius 1 is 1.31 bits per heavy atom. The van der Waals surface area contributed by atoms with E-state index in [1.807, 2.05) is 12.1 Å². The molecule has 0 spiro atoms. The Labute approximate surface area is 98.0 Å². The molecule has 0 unspecified atom stereocenters. The van der Waals surface area contributed by atoms with Gasteiger partial charge in [0.15, 0.2) is 0 Å². The van der Waals surface area contributed by atoms with Crippen molar-refractivity contribution >= 4 is 5.84 Å². The third-order valence-corrected chi connectivity index (χ3v) is 2.53. The Morgan fingerprint density at radius 3 is 2.31 bits per heavy atom. The van der Waals surface area contributed by atoms with Crippen molar-refractivity contribution in [3.63, 3.8) is 0 Å². The second kappa shape index (κ2) is 5.10. The molecule has 1 aromatic rings. The van der Waals surface area contributed by atoms with Crippen molar-refractivity contribution in [1.82, 2.24) is 9.88 Å². The van der Waals surface area contributed by atoms with Crippen LogP contribution in [0.25, 0.3) is 0 Å². The highest BCUT2D eigenvalue weighted by molar-refractivity contribution is 5.84. The standard InChI is InChI=1S/C13H21N3/c1-5-16(12(14)13(2,3)4)10-11-6-8-15-9-7-11/h6-9,14H,5,10H2,1-4H3. The molecule has 0 amide bonds. The number of rotatable bonds is 3. The monoisotopic (exact) mass is 219 g/mol. The second-order valence-electron chi connectivity index (χ2n) is 4.97. The zero-order chi connectivity index (χ0) is 12.2. The lowest BCUT2D eigenvalue weighted by molar-refractivity contribution is 0.375. The van der Waals surface area contributed by atoms with Gasteiger partial charge in [-0.25, -0.2) is 0 Å². The molecule has 0 radical (unpaired) electrons. The average molecular weight is 219 g/mol. The third kappa shape index (κ3) is 3.33. The van der Waals surface area contributed by atoms with Gasteiger partial charge in [0, 0.05) is 30.9 Å². The fraction of sp³-hybridized carbons (Fsp3) is 0.538. The fourth-order valence-electron chi connectivity index (χ4n) is 1.53. The third-order valence-electron chi connectivity index (χ3n) is 2.53. The van der Waals surface area contributed by atoms with Gasteiger partial charge < -0.3 is 4.90 Å². The van der Waals surface area contributed by atoms with E-state index in [2.05, 4.69) is 37.6 Å². The largest absolute Gasteiger partial charge is 0.356 e. The van der Waals surface area contributed by atoms with Crippen LogP contribution in [0.5, 0.6) is 0 Å². The first kappa shape index (κ1) is 12.7. The Morgan fingerprint density at radius 2 is 1.88 bits per heavy atom. The van der Waals surface area contributed by atoms with Crippen LogP contribution in [0.2, 0.25) is 0 Å². The van der Waals surface area contributed by atoms with Crippen LogP contribution < -0.4 is 0 Å². The summed E-state index contributed by atoms with van der Waals surface area (Å²) in [5.74, 6) is 0.687. The molecule has 0 aliphatic heterocycles. The summed E-state index contributed by atoms with van der Waals surface area (Å²) in [6, 6.07) is 4.00. The molecule has 1 heterocycles. The van der Waals surface area contributed by atoms with Gasteiger partial charge in [-0.05, 0) is 24.6 Å². The fourth-order valence-corrected chi connectivity index (χ4v) is 1.53. The molecule has 0 bridgehead atoms. The Balaban J connectivity index is 2.74. The van der Waals surface area contributed by atoms with Gasteiger partial charge in [0.1, 0.15) is 5.84 Å². The first-order valence-electron chi connectivity index (χ1n) is 5.68. The molecular weight excluding hydrogens is 198 g/mol. The summed E-state index contributed by atoms with van der Waals surface area (Å²) < 4.78 is 0. The lowest BCUT2D eigenvalue weighted by Crippen LogP contribution is -2.38. The molecule has 0 aliphatic rings. The minimum atomic E-state index is -0.0942. The van der Waals surface area contributed by atoms with Crippen LogP contribution in [0.1, 0.15) is 33.3 Å². The Kier molecular flexibility index (Phi) is 4.05. The van der Waals surface area contributed by atoms with E-state index in [1.54, 1.807) is 12.4 Å². The minimum absolute atomic E-state index is 0.0942. The maximum absolute atomic E-state index is 8.16. The maximum atomic E-state index is 8.16. The van der Waals surface area contributed by atoms with E-state index < -0.39 is 0 Å². The van der Waals surface area contributed by atoms with Crippen molar-refractivity contribution in [2.45, 2.75) is 34.2 Å². The predicted octanol–water partition coefficient (Wildman–Crippen LogP) is 2.93. The molecule has 0 aliphatic carbocycles. The van der Waals surface area contributed by atoms with Crippen LogP contribution in [-0.2, 0) is 6.54 Å². The van der Waals surface area contributed by atoms with Gasteiger partial charge in [0.05, 0.1) is 0 Å². The molecule has 0 aromatic carbocycles. The number of amidine groups is 1. The van der Waals surface area contributed by atoms with E-state index >= 15 is 0 Å². The Hall–Kier alpha value is -1.38. The van der Waals surface area contributed by atoms with Gasteiger partial charge in [0.25, 0.3) is 0 Å². The van der Waals surface area contributed by atoms with Crippen LogP contribution in [0.4, 0.5) is 0 Å². The number of nitrogens with one attached hydrogen (secondary N) is 1. The first-order chi connectivity index (χ1) is 7.45. The summed E-state index contributed by atoms with van der Waals surface area (Å²) in [4.78, 5) is 6.09. The lowest BCUT2D eigenvalue weighted by Gasteiger charge is -2.31. The molecule has 3 nitrogen and oxygen atoms in total. The van der Waals surface area contributed by atoms with Gasteiger partial charge in [-0.15, -0.1) is 0 Å². The SMILES string of the molecule is CCN(Cc1ccncc1)C(=N)C(C)(C)C. The molecule has 88 valence electrons. The minimum Gasteiger partial charge on any atom is -0.356 e. The smallest absolute Gasteiger partial charge is 0.102 e. The highest BCUT2D eigenvalue weighted by Crippen LogP contribution is 2.19. The molecule has 3 heteroatoms. The van der Waals surface area contributed by atoms with E-state index in [1.165, 1.54) is 5.56 Å². The van der Waals surface area contributed by atoms with Crippen molar-refractivity contribution in [3.8, 4) is 0 Å². The molecule has 0 saturated heterocycles. The van der Waals surface area contributed by atoms with Gasteiger partial charge in [-0.2, -0.15) is 0 Å². The van der Waals surface area contributed by atoms with E-state index in [0.717, 1.165) is 13.1 Å². The van der Waals surface area contributed by atoms with E-state index in [4.69, 9.17) is 5.41 Å². The van der Waals surface area contributed by atoms with Gasteiger partial charge in [-0.3, -0.25) is 10.4 Å². The first-order valence-corrected chi connectivity index (χ1v) is 5.68. The summed E-state index contributed by atoms with van der Waals surface area (Å²) in [5.41, 5.74) is 1.11. The zero-order valence-corrected chi connectivity index (χ0v) is 10.6. The highest BCUT2D eigenvalue weighted by Gasteiger charge is 2.22. The lowest BCUT2D eigenvalue weighted by atomic mass is 9.94. The van der Waals surface area contributed by atoms with E-state index in [0.29, 0.717) is 5.84 Å². The number of aromatic nitrogens is 1. The number of hydrogen-bond acceptors (Lipinski definition) is 2. The Bertz CT molecular complexity index is 338. The van der Waals surface area contributed by atoms with Crippen LogP contribution in [-0.4, -0.2) is 22.3 Å². The average Bonchev–Trinajstić information content (AvgIpc) is 2.25. The van der Waals surface area contributed by atoms with Crippen LogP contribution in [0.3, 0.4) is 0 Å². The topological polar surface area (TPSA) is 40.0 Å². The molecule has 0 atom stereocenters. The molecule has 0 fully saturated rings. The summed E-state index contributed by atoms with van der Waals surface area (Å²) in [7, 11) is 0. The number of hydrogen-bond donors (Lipinski definition) is 1. The molecule has 1 rings (SSSR count). The summed E-state index contributed by atoms with van der Waals surface area (Å²) in [6.45, 7) is 9.95. The molecular formula is C13H21N3. The van der Waals surface area contributed by atoms with Crippen LogP contribution in [0.15, 0.2) is 24.5 Å². The molecule has 1 aromatic heterocycles. The predicted molar refractivity (Wildman–Crippen MR) is 67.5 cm³/mol. The van der Waals surface area contributed by atoms with Crippen LogP contribution >= 0.6 is 0 Å². The van der Waals surface area contributed by atoms with Crippen molar-refractivity contribution in [2.24, 2.45) is 5.41 Å². The molecule has 0 saturated carbocycles. The normalized spacial score (nSPS) is 11.2. The molecule has 16 heavy (non-hydrogen) atoms. The van der Waals surface area contributed by atoms with Crippen LogP contribution in [0, 0.1) is 10.8 Å². The second-order valence-corrected chi connectivity index (χ2v) is 4.97. The maximum Gasteiger partial charge on any atom is 0.102 e. The van der Waals surface area contributed by atoms with Gasteiger partial charge in [-0.1, -0.05) is 20.8 Å². The zero-order valence-electron chi connectivity index (χ0n) is 10.6. The molecule has 1 N–H and O–H groups in total. The van der Waals surface area contributed by atoms with Crippen molar-refractivity contribution in [3.05, 3.63) is 30.1 Å². The summed E-state index contributed by atoms with van der Waals surface area (Å²) in [5, 5.41) is 8.16. The van der Waals surface area contributed by atoms with E-state index in [9.17, 15) is 0 Å². The van der Waals surface area contributed by atoms with Gasteiger partial charge in [0.2, 0.25) is 0 Å². The van der Waals surface area contributed by atoms with Gasteiger partial charge >= 0.3 is 0 Å². The number of nitrogens with zero attached hydrogens (tertiary/aromatic N) is 2.